The Bertz CT molecular complexity index is 387. The quantitative estimate of drug-likeness (QED) is 0.818. The lowest BCUT2D eigenvalue weighted by molar-refractivity contribution is 0.0731. The van der Waals surface area contributed by atoms with Gasteiger partial charge in [-0.1, -0.05) is 13.8 Å². The monoisotopic (exact) mass is 222 g/mol. The predicted octanol–water partition coefficient (Wildman–Crippen LogP) is 1.24. The van der Waals surface area contributed by atoms with Crippen molar-refractivity contribution in [3.05, 3.63) is 11.6 Å². The molecular weight excluding hydrogens is 204 g/mol. The third-order valence-corrected chi connectivity index (χ3v) is 3.10. The highest BCUT2D eigenvalue weighted by molar-refractivity contribution is 5.90. The fourth-order valence-electron chi connectivity index (χ4n) is 2.26. The maximum atomic E-state index is 12.1. The second kappa shape index (κ2) is 4.23. The molecule has 1 aromatic rings. The van der Waals surface area contributed by atoms with Crippen LogP contribution in [0.1, 0.15) is 43.6 Å². The van der Waals surface area contributed by atoms with Gasteiger partial charge in [0.05, 0.1) is 0 Å². The Morgan fingerprint density at radius 2 is 2.31 bits per heavy atom. The summed E-state index contributed by atoms with van der Waals surface area (Å²) in [6, 6.07) is 0.297. The zero-order chi connectivity index (χ0) is 11.7. The van der Waals surface area contributed by atoms with Gasteiger partial charge < -0.3 is 4.90 Å². The van der Waals surface area contributed by atoms with E-state index in [0.29, 0.717) is 17.8 Å². The van der Waals surface area contributed by atoms with E-state index in [1.807, 2.05) is 11.8 Å². The Balaban J connectivity index is 2.13. The molecule has 0 aromatic carbocycles. The first-order valence-electron chi connectivity index (χ1n) is 5.84. The number of rotatable bonds is 2. The molecule has 2 atom stereocenters. The van der Waals surface area contributed by atoms with Crippen molar-refractivity contribution in [3.63, 3.8) is 0 Å². The largest absolute Gasteiger partial charge is 0.333 e. The lowest BCUT2D eigenvalue weighted by Crippen LogP contribution is -2.34. The van der Waals surface area contributed by atoms with E-state index in [2.05, 4.69) is 29.0 Å². The minimum absolute atomic E-state index is 0.0483. The summed E-state index contributed by atoms with van der Waals surface area (Å²) in [5.74, 6) is 1.59. The van der Waals surface area contributed by atoms with Crippen molar-refractivity contribution in [2.45, 2.75) is 39.7 Å². The molecule has 1 amide bonds. The van der Waals surface area contributed by atoms with Crippen molar-refractivity contribution < 1.29 is 4.79 Å². The zero-order valence-electron chi connectivity index (χ0n) is 10.0. The number of aryl methyl sites for hydroxylation is 1. The molecule has 2 rings (SSSR count). The standard InChI is InChI=1S/C11H18N4O/c1-4-9-12-10(14-13-9)11(16)15-6-7(2)5-8(15)3/h7-8H,4-6H2,1-3H3,(H,12,13,14). The molecule has 1 aliphatic rings. The SMILES string of the molecule is CCc1nc(C(=O)N2CC(C)CC2C)n[nH]1. The number of carbonyl (C=O) groups excluding carboxylic acids is 1. The number of nitrogens with one attached hydrogen (secondary N) is 1. The van der Waals surface area contributed by atoms with Gasteiger partial charge in [0.2, 0.25) is 5.82 Å². The number of amides is 1. The molecule has 2 heterocycles. The third kappa shape index (κ3) is 1.94. The van der Waals surface area contributed by atoms with Crippen LogP contribution in [0.25, 0.3) is 0 Å². The van der Waals surface area contributed by atoms with Crippen LogP contribution in [0.5, 0.6) is 0 Å². The van der Waals surface area contributed by atoms with Crippen LogP contribution < -0.4 is 0 Å². The van der Waals surface area contributed by atoms with E-state index in [1.54, 1.807) is 0 Å². The summed E-state index contributed by atoms with van der Waals surface area (Å²) in [6.45, 7) is 7.04. The Kier molecular flexibility index (Phi) is 2.94. The second-order valence-electron chi connectivity index (χ2n) is 4.61. The lowest BCUT2D eigenvalue weighted by atomic mass is 10.1. The van der Waals surface area contributed by atoms with Crippen molar-refractivity contribution in [1.29, 1.82) is 0 Å². The number of aromatic amines is 1. The van der Waals surface area contributed by atoms with Gasteiger partial charge in [0, 0.05) is 19.0 Å². The molecule has 0 aliphatic carbocycles. The summed E-state index contributed by atoms with van der Waals surface area (Å²) >= 11 is 0. The predicted molar refractivity (Wildman–Crippen MR) is 60.0 cm³/mol. The Labute approximate surface area is 95.2 Å². The normalized spacial score (nSPS) is 25.1. The van der Waals surface area contributed by atoms with E-state index >= 15 is 0 Å². The summed E-state index contributed by atoms with van der Waals surface area (Å²) in [4.78, 5) is 18.2. The summed E-state index contributed by atoms with van der Waals surface area (Å²) in [6.07, 6.45) is 1.84. The molecule has 0 radical (unpaired) electrons. The van der Waals surface area contributed by atoms with Crippen LogP contribution in [0.3, 0.4) is 0 Å². The van der Waals surface area contributed by atoms with E-state index in [-0.39, 0.29) is 5.91 Å². The molecule has 1 aliphatic heterocycles. The molecule has 0 saturated carbocycles. The topological polar surface area (TPSA) is 61.9 Å². The van der Waals surface area contributed by atoms with E-state index in [0.717, 1.165) is 25.2 Å². The molecule has 1 N–H and O–H groups in total. The van der Waals surface area contributed by atoms with Crippen molar-refractivity contribution in [3.8, 4) is 0 Å². The van der Waals surface area contributed by atoms with E-state index in [9.17, 15) is 4.79 Å². The van der Waals surface area contributed by atoms with Gasteiger partial charge in [0.15, 0.2) is 0 Å². The third-order valence-electron chi connectivity index (χ3n) is 3.10. The van der Waals surface area contributed by atoms with Crippen LogP contribution >= 0.6 is 0 Å². The van der Waals surface area contributed by atoms with Crippen molar-refractivity contribution in [1.82, 2.24) is 20.1 Å². The molecule has 2 unspecified atom stereocenters. The number of hydrogen-bond donors (Lipinski definition) is 1. The van der Waals surface area contributed by atoms with Crippen LogP contribution in [-0.4, -0.2) is 38.6 Å². The van der Waals surface area contributed by atoms with Crippen LogP contribution in [0.15, 0.2) is 0 Å². The van der Waals surface area contributed by atoms with Gasteiger partial charge in [-0.15, -0.1) is 5.10 Å². The maximum absolute atomic E-state index is 12.1. The van der Waals surface area contributed by atoms with Crippen molar-refractivity contribution in [2.24, 2.45) is 5.92 Å². The Morgan fingerprint density at radius 1 is 1.56 bits per heavy atom. The van der Waals surface area contributed by atoms with Crippen LogP contribution in [0.4, 0.5) is 0 Å². The van der Waals surface area contributed by atoms with E-state index in [1.165, 1.54) is 0 Å². The summed E-state index contributed by atoms with van der Waals surface area (Å²) in [5.41, 5.74) is 0. The highest BCUT2D eigenvalue weighted by Gasteiger charge is 2.32. The van der Waals surface area contributed by atoms with Crippen molar-refractivity contribution >= 4 is 5.91 Å². The first-order valence-corrected chi connectivity index (χ1v) is 5.84. The number of hydrogen-bond acceptors (Lipinski definition) is 3. The van der Waals surface area contributed by atoms with Crippen LogP contribution in [0.2, 0.25) is 0 Å². The minimum atomic E-state index is -0.0483. The highest BCUT2D eigenvalue weighted by Crippen LogP contribution is 2.23. The van der Waals surface area contributed by atoms with E-state index < -0.39 is 0 Å². The Hall–Kier alpha value is -1.39. The van der Waals surface area contributed by atoms with Gasteiger partial charge in [0.25, 0.3) is 5.91 Å². The van der Waals surface area contributed by atoms with E-state index in [4.69, 9.17) is 0 Å². The van der Waals surface area contributed by atoms with Gasteiger partial charge in [0.1, 0.15) is 5.82 Å². The van der Waals surface area contributed by atoms with Gasteiger partial charge in [-0.05, 0) is 19.3 Å². The number of aromatic nitrogens is 3. The molecule has 1 saturated heterocycles. The molecule has 16 heavy (non-hydrogen) atoms. The molecule has 1 aromatic heterocycles. The number of H-pyrrole nitrogens is 1. The average Bonchev–Trinajstić information content (AvgIpc) is 2.84. The van der Waals surface area contributed by atoms with Crippen LogP contribution in [-0.2, 0) is 6.42 Å². The summed E-state index contributed by atoms with van der Waals surface area (Å²) in [7, 11) is 0. The molecule has 0 bridgehead atoms. The molecule has 1 fully saturated rings. The molecular formula is C11H18N4O. The average molecular weight is 222 g/mol. The number of likely N-dealkylation sites (tertiary alicyclic amines) is 1. The fraction of sp³-hybridized carbons (Fsp3) is 0.727. The van der Waals surface area contributed by atoms with Gasteiger partial charge >= 0.3 is 0 Å². The van der Waals surface area contributed by atoms with Gasteiger partial charge in [-0.3, -0.25) is 9.89 Å². The fourth-order valence-corrected chi connectivity index (χ4v) is 2.26. The summed E-state index contributed by atoms with van der Waals surface area (Å²) < 4.78 is 0. The van der Waals surface area contributed by atoms with Gasteiger partial charge in [-0.25, -0.2) is 4.98 Å². The molecule has 88 valence electrons. The summed E-state index contributed by atoms with van der Waals surface area (Å²) in [5, 5.41) is 6.74. The lowest BCUT2D eigenvalue weighted by Gasteiger charge is -2.19. The zero-order valence-corrected chi connectivity index (χ0v) is 10.0. The molecule has 5 heteroatoms. The number of carbonyl (C=O) groups is 1. The smallest absolute Gasteiger partial charge is 0.293 e. The Morgan fingerprint density at radius 3 is 2.81 bits per heavy atom. The highest BCUT2D eigenvalue weighted by atomic mass is 16.2. The minimum Gasteiger partial charge on any atom is -0.333 e. The first-order chi connectivity index (χ1) is 7.61. The second-order valence-corrected chi connectivity index (χ2v) is 4.61. The molecule has 0 spiro atoms. The molecule has 5 nitrogen and oxygen atoms in total. The maximum Gasteiger partial charge on any atom is 0.293 e. The van der Waals surface area contributed by atoms with Crippen molar-refractivity contribution in [2.75, 3.05) is 6.54 Å². The van der Waals surface area contributed by atoms with Crippen LogP contribution in [0, 0.1) is 5.92 Å². The number of nitrogens with zero attached hydrogens (tertiary/aromatic N) is 3. The van der Waals surface area contributed by atoms with Gasteiger partial charge in [-0.2, -0.15) is 0 Å². The first kappa shape index (κ1) is 11.1.